The van der Waals surface area contributed by atoms with Crippen molar-refractivity contribution in [2.24, 2.45) is 0 Å². The molecular formula is C17H14ClFN4O. The van der Waals surface area contributed by atoms with Crippen molar-refractivity contribution in [3.8, 4) is 6.07 Å². The van der Waals surface area contributed by atoms with Crippen LogP contribution in [0.5, 0.6) is 0 Å². The van der Waals surface area contributed by atoms with Gasteiger partial charge in [-0.2, -0.15) is 5.26 Å². The second-order valence-electron chi connectivity index (χ2n) is 5.42. The number of pyridine rings is 1. The van der Waals surface area contributed by atoms with Crippen molar-refractivity contribution >= 4 is 23.3 Å². The molecule has 0 unspecified atom stereocenters. The molecule has 0 bridgehead atoms. The summed E-state index contributed by atoms with van der Waals surface area (Å²) in [6.07, 6.45) is 1.52. The number of hydrogen-bond donors (Lipinski definition) is 0. The molecule has 0 N–H and O–H groups in total. The number of carbonyl (C=O) groups excluding carboxylic acids is 1. The maximum Gasteiger partial charge on any atom is 0.256 e. The molecule has 1 aromatic heterocycles. The topological polar surface area (TPSA) is 60.2 Å². The van der Waals surface area contributed by atoms with Crippen LogP contribution in [0, 0.1) is 17.1 Å². The van der Waals surface area contributed by atoms with Gasteiger partial charge < -0.3 is 9.80 Å². The van der Waals surface area contributed by atoms with Crippen LogP contribution in [-0.4, -0.2) is 42.0 Å². The van der Waals surface area contributed by atoms with E-state index in [1.165, 1.54) is 18.3 Å². The third-order valence-corrected chi connectivity index (χ3v) is 4.16. The van der Waals surface area contributed by atoms with Crippen molar-refractivity contribution in [3.63, 3.8) is 0 Å². The Hall–Kier alpha value is -2.65. The number of anilines is 1. The van der Waals surface area contributed by atoms with Crippen LogP contribution >= 0.6 is 11.6 Å². The molecular weight excluding hydrogens is 331 g/mol. The fourth-order valence-corrected chi connectivity index (χ4v) is 2.77. The molecule has 7 heteroatoms. The first-order valence-corrected chi connectivity index (χ1v) is 7.81. The molecule has 1 fully saturated rings. The summed E-state index contributed by atoms with van der Waals surface area (Å²) in [6, 6.07) is 9.59. The van der Waals surface area contributed by atoms with Crippen LogP contribution in [-0.2, 0) is 0 Å². The molecule has 1 amide bonds. The maximum atomic E-state index is 13.9. The van der Waals surface area contributed by atoms with Crippen LogP contribution in [0.2, 0.25) is 5.02 Å². The number of rotatable bonds is 2. The van der Waals surface area contributed by atoms with Crippen LogP contribution in [0.25, 0.3) is 0 Å². The fraction of sp³-hybridized carbons (Fsp3) is 0.235. The highest BCUT2D eigenvalue weighted by molar-refractivity contribution is 6.30. The number of carbonyl (C=O) groups is 1. The highest BCUT2D eigenvalue weighted by atomic mass is 35.5. The number of benzene rings is 1. The van der Waals surface area contributed by atoms with Gasteiger partial charge in [0.25, 0.3) is 5.91 Å². The molecule has 1 aromatic carbocycles. The normalized spacial score (nSPS) is 14.4. The number of piperazine rings is 1. The Morgan fingerprint density at radius 2 is 1.96 bits per heavy atom. The Labute approximate surface area is 143 Å². The lowest BCUT2D eigenvalue weighted by molar-refractivity contribution is 0.0742. The molecule has 0 saturated carbocycles. The summed E-state index contributed by atoms with van der Waals surface area (Å²) in [4.78, 5) is 20.3. The fourth-order valence-electron chi connectivity index (χ4n) is 2.61. The number of aromatic nitrogens is 1. The molecule has 0 atom stereocenters. The number of nitrogens with zero attached hydrogens (tertiary/aromatic N) is 4. The molecule has 3 rings (SSSR count). The van der Waals surface area contributed by atoms with E-state index < -0.39 is 5.82 Å². The number of amides is 1. The van der Waals surface area contributed by atoms with Crippen LogP contribution < -0.4 is 4.90 Å². The van der Waals surface area contributed by atoms with Crippen molar-refractivity contribution in [1.29, 1.82) is 5.26 Å². The summed E-state index contributed by atoms with van der Waals surface area (Å²) in [6.45, 7) is 2.14. The van der Waals surface area contributed by atoms with Crippen molar-refractivity contribution in [2.75, 3.05) is 31.1 Å². The Morgan fingerprint density at radius 3 is 2.54 bits per heavy atom. The summed E-state index contributed by atoms with van der Waals surface area (Å²) >= 11 is 5.72. The predicted octanol–water partition coefficient (Wildman–Crippen LogP) is 2.71. The molecule has 2 heterocycles. The summed E-state index contributed by atoms with van der Waals surface area (Å²) in [7, 11) is 0. The smallest absolute Gasteiger partial charge is 0.256 e. The average molecular weight is 345 g/mol. The largest absolute Gasteiger partial charge is 0.353 e. The van der Waals surface area contributed by atoms with Gasteiger partial charge in [-0.05, 0) is 30.3 Å². The molecule has 0 spiro atoms. The molecule has 1 saturated heterocycles. The van der Waals surface area contributed by atoms with E-state index in [-0.39, 0.29) is 16.5 Å². The molecule has 1 aliphatic rings. The van der Waals surface area contributed by atoms with E-state index in [0.717, 1.165) is 11.9 Å². The van der Waals surface area contributed by atoms with Crippen molar-refractivity contribution in [2.45, 2.75) is 0 Å². The lowest BCUT2D eigenvalue weighted by Crippen LogP contribution is -2.49. The predicted molar refractivity (Wildman–Crippen MR) is 88.5 cm³/mol. The van der Waals surface area contributed by atoms with E-state index in [1.54, 1.807) is 17.0 Å². The summed E-state index contributed by atoms with van der Waals surface area (Å²) in [5, 5.41) is 9.06. The number of nitriles is 1. The van der Waals surface area contributed by atoms with Crippen molar-refractivity contribution in [3.05, 3.63) is 58.5 Å². The lowest BCUT2D eigenvalue weighted by atomic mass is 10.1. The Bertz CT molecular complexity index is 795. The second kappa shape index (κ2) is 6.85. The third-order valence-electron chi connectivity index (χ3n) is 3.93. The second-order valence-corrected chi connectivity index (χ2v) is 5.86. The highest BCUT2D eigenvalue weighted by Gasteiger charge is 2.24. The molecule has 122 valence electrons. The molecule has 1 aliphatic heterocycles. The maximum absolute atomic E-state index is 13.9. The summed E-state index contributed by atoms with van der Waals surface area (Å²) in [5.41, 5.74) is 0.537. The SMILES string of the molecule is N#Cc1ccc(N2CCN(C(=O)c3ccc(Cl)cc3F)CC2)nc1. The van der Waals surface area contributed by atoms with Gasteiger partial charge in [-0.1, -0.05) is 11.6 Å². The van der Waals surface area contributed by atoms with Crippen molar-refractivity contribution < 1.29 is 9.18 Å². The standard InChI is InChI=1S/C17H14ClFN4O/c18-13-2-3-14(15(19)9-13)17(24)23-7-5-22(6-8-23)16-4-1-12(10-20)11-21-16/h1-4,9,11H,5-8H2. The van der Waals surface area contributed by atoms with Gasteiger partial charge in [-0.15, -0.1) is 0 Å². The first-order chi connectivity index (χ1) is 11.6. The molecule has 5 nitrogen and oxygen atoms in total. The van der Waals surface area contributed by atoms with Gasteiger partial charge in [0.1, 0.15) is 17.7 Å². The minimum Gasteiger partial charge on any atom is -0.353 e. The van der Waals surface area contributed by atoms with E-state index in [2.05, 4.69) is 4.98 Å². The zero-order chi connectivity index (χ0) is 17.1. The quantitative estimate of drug-likeness (QED) is 0.840. The van der Waals surface area contributed by atoms with E-state index in [9.17, 15) is 9.18 Å². The van der Waals surface area contributed by atoms with E-state index in [0.29, 0.717) is 31.7 Å². The molecule has 2 aromatic rings. The zero-order valence-electron chi connectivity index (χ0n) is 12.7. The number of hydrogen-bond acceptors (Lipinski definition) is 4. The molecule has 0 aliphatic carbocycles. The lowest BCUT2D eigenvalue weighted by Gasteiger charge is -2.35. The number of halogens is 2. The zero-order valence-corrected chi connectivity index (χ0v) is 13.5. The van der Waals surface area contributed by atoms with E-state index in [4.69, 9.17) is 16.9 Å². The van der Waals surface area contributed by atoms with Crippen LogP contribution in [0.15, 0.2) is 36.5 Å². The highest BCUT2D eigenvalue weighted by Crippen LogP contribution is 2.19. The Kier molecular flexibility index (Phi) is 4.63. The van der Waals surface area contributed by atoms with Crippen LogP contribution in [0.3, 0.4) is 0 Å². The van der Waals surface area contributed by atoms with Crippen LogP contribution in [0.1, 0.15) is 15.9 Å². The van der Waals surface area contributed by atoms with Gasteiger partial charge in [0.15, 0.2) is 0 Å². The summed E-state index contributed by atoms with van der Waals surface area (Å²) in [5.74, 6) is -0.181. The van der Waals surface area contributed by atoms with Gasteiger partial charge in [0, 0.05) is 37.4 Å². The van der Waals surface area contributed by atoms with Crippen molar-refractivity contribution in [1.82, 2.24) is 9.88 Å². The molecule has 0 radical (unpaired) electrons. The van der Waals surface area contributed by atoms with Gasteiger partial charge in [0.05, 0.1) is 11.1 Å². The van der Waals surface area contributed by atoms with Gasteiger partial charge in [-0.3, -0.25) is 4.79 Å². The first-order valence-electron chi connectivity index (χ1n) is 7.44. The monoisotopic (exact) mass is 344 g/mol. The molecule has 24 heavy (non-hydrogen) atoms. The average Bonchev–Trinajstić information content (AvgIpc) is 2.61. The van der Waals surface area contributed by atoms with Gasteiger partial charge >= 0.3 is 0 Å². The van der Waals surface area contributed by atoms with Gasteiger partial charge in [-0.25, -0.2) is 9.37 Å². The Balaban J connectivity index is 1.66. The summed E-state index contributed by atoms with van der Waals surface area (Å²) < 4.78 is 13.9. The minimum atomic E-state index is -0.608. The van der Waals surface area contributed by atoms with Gasteiger partial charge in [0.2, 0.25) is 0 Å². The van der Waals surface area contributed by atoms with E-state index in [1.807, 2.05) is 11.0 Å². The van der Waals surface area contributed by atoms with Crippen LogP contribution in [0.4, 0.5) is 10.2 Å². The van der Waals surface area contributed by atoms with E-state index >= 15 is 0 Å². The third kappa shape index (κ3) is 3.31. The first kappa shape index (κ1) is 16.2. The Morgan fingerprint density at radius 1 is 1.21 bits per heavy atom. The minimum absolute atomic E-state index is 0.0318.